The van der Waals surface area contributed by atoms with Gasteiger partial charge in [-0.25, -0.2) is 4.99 Å². The van der Waals surface area contributed by atoms with Crippen molar-refractivity contribution in [2.75, 3.05) is 20.6 Å². The Bertz CT molecular complexity index is 1140. The summed E-state index contributed by atoms with van der Waals surface area (Å²) < 4.78 is 18.6. The molecule has 0 saturated heterocycles. The molecule has 0 aromatic heterocycles. The van der Waals surface area contributed by atoms with Crippen LogP contribution in [0.25, 0.3) is 0 Å². The fourth-order valence-corrected chi connectivity index (χ4v) is 5.01. The van der Waals surface area contributed by atoms with Crippen LogP contribution >= 0.6 is 0 Å². The van der Waals surface area contributed by atoms with Gasteiger partial charge in [-0.15, -0.1) is 0 Å². The number of hydrogen-bond donors (Lipinski definition) is 2. The number of allylic oxidation sites excluding steroid dienone is 1. The summed E-state index contributed by atoms with van der Waals surface area (Å²) in [6.07, 6.45) is -0.379. The molecule has 0 amide bonds. The van der Waals surface area contributed by atoms with Gasteiger partial charge in [0, 0.05) is 35.0 Å². The Morgan fingerprint density at radius 2 is 1.85 bits per heavy atom. The zero-order valence-corrected chi connectivity index (χ0v) is 22.0. The molecular formula is C27H36N4O2S. The number of benzene rings is 2. The van der Waals surface area contributed by atoms with Gasteiger partial charge in [-0.3, -0.25) is 9.62 Å². The van der Waals surface area contributed by atoms with Gasteiger partial charge in [0.15, 0.2) is 0 Å². The number of aryl methyl sites for hydroxylation is 1. The molecule has 0 bridgehead atoms. The Hall–Kier alpha value is -2.77. The van der Waals surface area contributed by atoms with Crippen molar-refractivity contribution >= 4 is 22.4 Å². The van der Waals surface area contributed by atoms with Crippen molar-refractivity contribution in [1.82, 2.24) is 10.2 Å². The second kappa shape index (κ2) is 11.1. The Morgan fingerprint density at radius 1 is 1.18 bits per heavy atom. The summed E-state index contributed by atoms with van der Waals surface area (Å²) in [5.41, 5.74) is 6.70. The maximum absolute atomic E-state index is 12.6. The highest BCUT2D eigenvalue weighted by Crippen LogP contribution is 2.25. The molecule has 7 heteroatoms. The highest BCUT2D eigenvalue weighted by atomic mass is 32.2. The topological polar surface area (TPSA) is 77.8 Å². The SMILES string of the molecule is CNCc1ccc(C(=N)OC(C)C2=C(C)N(C)CC(c3ccc(S(=O)C(C)C)c(C)c3)=N2)cc1. The summed E-state index contributed by atoms with van der Waals surface area (Å²) in [5, 5.41) is 11.7. The van der Waals surface area contributed by atoms with Crippen molar-refractivity contribution in [2.45, 2.75) is 57.4 Å². The molecule has 0 radical (unpaired) electrons. The van der Waals surface area contributed by atoms with E-state index in [-0.39, 0.29) is 17.3 Å². The van der Waals surface area contributed by atoms with Gasteiger partial charge in [0.05, 0.1) is 28.8 Å². The third-order valence-corrected chi connectivity index (χ3v) is 7.76. The van der Waals surface area contributed by atoms with Crippen molar-refractivity contribution in [3.05, 3.63) is 76.1 Å². The molecule has 34 heavy (non-hydrogen) atoms. The molecule has 2 aromatic rings. The van der Waals surface area contributed by atoms with Crippen molar-refractivity contribution < 1.29 is 8.95 Å². The van der Waals surface area contributed by atoms with Crippen LogP contribution in [0.1, 0.15) is 49.9 Å². The molecule has 2 aromatic carbocycles. The van der Waals surface area contributed by atoms with Crippen molar-refractivity contribution in [3.8, 4) is 0 Å². The summed E-state index contributed by atoms with van der Waals surface area (Å²) in [4.78, 5) is 8.00. The van der Waals surface area contributed by atoms with Crippen LogP contribution in [0.15, 0.2) is 63.7 Å². The lowest BCUT2D eigenvalue weighted by atomic mass is 10.0. The quantitative estimate of drug-likeness (QED) is 0.427. The van der Waals surface area contributed by atoms with Gasteiger partial charge in [0.25, 0.3) is 0 Å². The molecule has 0 saturated carbocycles. The first-order valence-electron chi connectivity index (χ1n) is 11.6. The van der Waals surface area contributed by atoms with Gasteiger partial charge >= 0.3 is 0 Å². The van der Waals surface area contributed by atoms with E-state index in [2.05, 4.69) is 16.3 Å². The Kier molecular flexibility index (Phi) is 8.44. The third-order valence-electron chi connectivity index (χ3n) is 6.02. The highest BCUT2D eigenvalue weighted by Gasteiger charge is 2.24. The monoisotopic (exact) mass is 480 g/mol. The van der Waals surface area contributed by atoms with Gasteiger partial charge in [-0.05, 0) is 68.8 Å². The molecular weight excluding hydrogens is 444 g/mol. The minimum Gasteiger partial charge on any atom is -0.468 e. The van der Waals surface area contributed by atoms with E-state index in [1.54, 1.807) is 0 Å². The summed E-state index contributed by atoms with van der Waals surface area (Å²) in [5.74, 6) is 0.130. The lowest BCUT2D eigenvalue weighted by Gasteiger charge is -2.30. The van der Waals surface area contributed by atoms with E-state index in [4.69, 9.17) is 15.1 Å². The first-order chi connectivity index (χ1) is 16.1. The lowest BCUT2D eigenvalue weighted by Crippen LogP contribution is -2.33. The smallest absolute Gasteiger partial charge is 0.213 e. The van der Waals surface area contributed by atoms with E-state index >= 15 is 0 Å². The minimum atomic E-state index is -1.02. The third kappa shape index (κ3) is 5.83. The number of likely N-dealkylation sites (N-methyl/N-ethyl adjacent to an activating group) is 1. The van der Waals surface area contributed by atoms with Crippen molar-refractivity contribution in [3.63, 3.8) is 0 Å². The highest BCUT2D eigenvalue weighted by molar-refractivity contribution is 7.85. The summed E-state index contributed by atoms with van der Waals surface area (Å²) in [6, 6.07) is 13.9. The number of nitrogens with zero attached hydrogens (tertiary/aromatic N) is 2. The molecule has 2 atom stereocenters. The first-order valence-corrected chi connectivity index (χ1v) is 12.8. The van der Waals surface area contributed by atoms with Crippen molar-refractivity contribution in [1.29, 1.82) is 5.41 Å². The number of ether oxygens (including phenoxy) is 1. The minimum absolute atomic E-state index is 0.0766. The molecule has 2 unspecified atom stereocenters. The molecule has 0 spiro atoms. The molecule has 1 aliphatic heterocycles. The Labute approximate surface area is 206 Å². The van der Waals surface area contributed by atoms with Crippen LogP contribution in [0, 0.1) is 12.3 Å². The second-order valence-electron chi connectivity index (χ2n) is 9.03. The van der Waals surface area contributed by atoms with Crippen LogP contribution < -0.4 is 5.32 Å². The van der Waals surface area contributed by atoms with Crippen LogP contribution in [-0.2, 0) is 22.1 Å². The largest absolute Gasteiger partial charge is 0.468 e. The average Bonchev–Trinajstić information content (AvgIpc) is 2.80. The Morgan fingerprint density at radius 3 is 2.44 bits per heavy atom. The van der Waals surface area contributed by atoms with Gasteiger partial charge in [0.1, 0.15) is 6.10 Å². The van der Waals surface area contributed by atoms with Gasteiger partial charge in [-0.1, -0.05) is 32.0 Å². The molecule has 0 aliphatic carbocycles. The maximum Gasteiger partial charge on any atom is 0.213 e. The van der Waals surface area contributed by atoms with Crippen LogP contribution in [0.2, 0.25) is 0 Å². The van der Waals surface area contributed by atoms with Crippen molar-refractivity contribution in [2.24, 2.45) is 4.99 Å². The fourth-order valence-electron chi connectivity index (χ4n) is 3.93. The number of rotatable bonds is 8. The molecule has 2 N–H and O–H groups in total. The van der Waals surface area contributed by atoms with E-state index in [1.165, 1.54) is 0 Å². The van der Waals surface area contributed by atoms with E-state index < -0.39 is 10.8 Å². The Balaban J connectivity index is 1.82. The zero-order chi connectivity index (χ0) is 25.0. The molecule has 182 valence electrons. The van der Waals surface area contributed by atoms with E-state index in [9.17, 15) is 4.21 Å². The number of aliphatic imine (C=N–C) groups is 1. The summed E-state index contributed by atoms with van der Waals surface area (Å²) >= 11 is 0. The molecule has 3 rings (SSSR count). The standard InChI is InChI=1S/C27H36N4O2S/c1-17(2)34(32)25-13-12-23(14-18(25)3)24-16-31(7)19(4)26(30-24)20(5)33-27(28)22-10-8-21(9-11-22)15-29-6/h8-14,17,20,28-29H,15-16H2,1-7H3. The van der Waals surface area contributed by atoms with Crippen LogP contribution in [0.3, 0.4) is 0 Å². The predicted octanol–water partition coefficient (Wildman–Crippen LogP) is 4.63. The van der Waals surface area contributed by atoms with Crippen LogP contribution in [0.5, 0.6) is 0 Å². The molecule has 1 aliphatic rings. The molecule has 0 fully saturated rings. The number of hydrogen-bond acceptors (Lipinski definition) is 6. The second-order valence-corrected chi connectivity index (χ2v) is 11.0. The lowest BCUT2D eigenvalue weighted by molar-refractivity contribution is 0.234. The van der Waals surface area contributed by atoms with Crippen LogP contribution in [-0.4, -0.2) is 52.7 Å². The van der Waals surface area contributed by atoms with E-state index in [0.29, 0.717) is 6.54 Å². The fraction of sp³-hybridized carbons (Fsp3) is 0.407. The number of nitrogens with one attached hydrogen (secondary N) is 2. The van der Waals surface area contributed by atoms with Gasteiger partial charge < -0.3 is 15.0 Å². The summed E-state index contributed by atoms with van der Waals surface area (Å²) in [7, 11) is 2.93. The van der Waals surface area contributed by atoms with E-state index in [0.717, 1.165) is 50.8 Å². The maximum atomic E-state index is 12.6. The normalized spacial score (nSPS) is 15.9. The molecule has 1 heterocycles. The zero-order valence-electron chi connectivity index (χ0n) is 21.2. The first kappa shape index (κ1) is 25.8. The molecule has 6 nitrogen and oxygen atoms in total. The van der Waals surface area contributed by atoms with Crippen LogP contribution in [0.4, 0.5) is 0 Å². The van der Waals surface area contributed by atoms with E-state index in [1.807, 2.05) is 85.1 Å². The van der Waals surface area contributed by atoms with Gasteiger partial charge in [-0.2, -0.15) is 0 Å². The summed E-state index contributed by atoms with van der Waals surface area (Å²) in [6.45, 7) is 11.4. The van der Waals surface area contributed by atoms with Gasteiger partial charge in [0.2, 0.25) is 5.90 Å². The average molecular weight is 481 g/mol. The predicted molar refractivity (Wildman–Crippen MR) is 141 cm³/mol.